The molecule has 1 N–H and O–H groups in total. The average Bonchev–Trinajstić information content (AvgIpc) is 3.49. The predicted octanol–water partition coefficient (Wildman–Crippen LogP) is 0.370. The van der Waals surface area contributed by atoms with E-state index in [2.05, 4.69) is 17.3 Å². The van der Waals surface area contributed by atoms with Gasteiger partial charge in [0, 0.05) is 0 Å². The number of carbonyl (C=O) groups is 1. The molecule has 6 rings (SSSR count). The van der Waals surface area contributed by atoms with Crippen LogP contribution in [0.2, 0.25) is 4.82 Å². The number of hydrogen-bond acceptors (Lipinski definition) is 8. The first-order valence-corrected chi connectivity index (χ1v) is 12.6. The Hall–Kier alpha value is -1.03. The van der Waals surface area contributed by atoms with Crippen LogP contribution in [0.3, 0.4) is 0 Å². The number of hydrogen-bond donors (Lipinski definition) is 1. The number of ether oxygens (including phenoxy) is 4. The summed E-state index contributed by atoms with van der Waals surface area (Å²) in [6, 6.07) is 10.0. The zero-order valence-corrected chi connectivity index (χ0v) is 19.3. The van der Waals surface area contributed by atoms with E-state index < -0.39 is 60.0 Å². The number of halogens is 1. The molecule has 0 unspecified atom stereocenters. The molecule has 0 aromatic heterocycles. The summed E-state index contributed by atoms with van der Waals surface area (Å²) in [7, 11) is 0. The molecule has 10 atom stereocenters. The van der Waals surface area contributed by atoms with Gasteiger partial charge in [0.1, 0.15) is 0 Å². The normalized spacial score (nSPS) is 45.4. The number of aliphatic hydroxyl groups excluding tert-OH is 1. The second-order valence-electron chi connectivity index (χ2n) is 8.85. The first-order valence-electron chi connectivity index (χ1n) is 10.3. The SMILES string of the molecule is CC1(C)O[C@H]2O[C@@H]3C([C@@H](O)[C@@H]4C(=O)[C@@H]5O[C@H]4[C@@H]([Se]c4ccccc4)[C@@H]5Cl)=NO[C@@H]3[C@H]2O1. The van der Waals surface area contributed by atoms with Crippen LogP contribution in [0.5, 0.6) is 0 Å². The van der Waals surface area contributed by atoms with Crippen molar-refractivity contribution in [3.8, 4) is 0 Å². The van der Waals surface area contributed by atoms with Gasteiger partial charge in [-0.3, -0.25) is 0 Å². The average molecular weight is 515 g/mol. The van der Waals surface area contributed by atoms with Crippen molar-refractivity contribution in [2.75, 3.05) is 0 Å². The van der Waals surface area contributed by atoms with Gasteiger partial charge in [-0.2, -0.15) is 0 Å². The maximum absolute atomic E-state index is 13.0. The van der Waals surface area contributed by atoms with E-state index in [-0.39, 0.29) is 31.3 Å². The van der Waals surface area contributed by atoms with Crippen molar-refractivity contribution in [2.45, 2.75) is 72.7 Å². The Kier molecular flexibility index (Phi) is 4.80. The number of rotatable bonds is 4. The van der Waals surface area contributed by atoms with Crippen LogP contribution in [0.4, 0.5) is 0 Å². The molecule has 5 aliphatic heterocycles. The van der Waals surface area contributed by atoms with Gasteiger partial charge in [0.15, 0.2) is 0 Å². The summed E-state index contributed by atoms with van der Waals surface area (Å²) < 4.78 is 24.7. The Morgan fingerprint density at radius 3 is 2.61 bits per heavy atom. The van der Waals surface area contributed by atoms with Crippen molar-refractivity contribution < 1.29 is 33.7 Å². The van der Waals surface area contributed by atoms with Crippen LogP contribution >= 0.6 is 11.6 Å². The predicted molar refractivity (Wildman–Crippen MR) is 109 cm³/mol. The molecular weight excluding hydrogens is 493 g/mol. The van der Waals surface area contributed by atoms with E-state index in [1.54, 1.807) is 13.8 Å². The van der Waals surface area contributed by atoms with E-state index >= 15 is 0 Å². The summed E-state index contributed by atoms with van der Waals surface area (Å²) in [5, 5.41) is 14.9. The van der Waals surface area contributed by atoms with Crippen LogP contribution in [0.25, 0.3) is 0 Å². The van der Waals surface area contributed by atoms with Crippen LogP contribution in [-0.2, 0) is 28.6 Å². The van der Waals surface area contributed by atoms with Gasteiger partial charge in [0.25, 0.3) is 0 Å². The summed E-state index contributed by atoms with van der Waals surface area (Å²) in [5.41, 5.74) is 0.288. The molecule has 31 heavy (non-hydrogen) atoms. The third-order valence-electron chi connectivity index (χ3n) is 6.41. The molecule has 4 fully saturated rings. The van der Waals surface area contributed by atoms with Crippen LogP contribution in [0.15, 0.2) is 35.5 Å². The van der Waals surface area contributed by atoms with E-state index in [9.17, 15) is 9.90 Å². The third-order valence-corrected chi connectivity index (χ3v) is 10.1. The van der Waals surface area contributed by atoms with Crippen LogP contribution in [0.1, 0.15) is 13.8 Å². The van der Waals surface area contributed by atoms with Gasteiger partial charge in [-0.05, 0) is 0 Å². The molecule has 5 heterocycles. The second kappa shape index (κ2) is 7.23. The molecule has 8 nitrogen and oxygen atoms in total. The van der Waals surface area contributed by atoms with Crippen LogP contribution < -0.4 is 4.46 Å². The summed E-state index contributed by atoms with van der Waals surface area (Å²) in [6.07, 6.45) is -4.55. The molecule has 166 valence electrons. The summed E-state index contributed by atoms with van der Waals surface area (Å²) in [4.78, 5) is 18.5. The van der Waals surface area contributed by atoms with Crippen LogP contribution in [-0.4, -0.2) is 85.6 Å². The maximum atomic E-state index is 13.0. The van der Waals surface area contributed by atoms with Crippen molar-refractivity contribution in [2.24, 2.45) is 11.1 Å². The molecule has 2 bridgehead atoms. The molecule has 5 aliphatic rings. The van der Waals surface area contributed by atoms with Gasteiger partial charge in [-0.15, -0.1) is 0 Å². The van der Waals surface area contributed by atoms with E-state index in [0.717, 1.165) is 0 Å². The minimum atomic E-state index is -1.18. The van der Waals surface area contributed by atoms with Gasteiger partial charge < -0.3 is 0 Å². The summed E-state index contributed by atoms with van der Waals surface area (Å²) >= 11 is 6.60. The van der Waals surface area contributed by atoms with Gasteiger partial charge in [-0.25, -0.2) is 0 Å². The zero-order chi connectivity index (χ0) is 21.5. The molecule has 0 radical (unpaired) electrons. The van der Waals surface area contributed by atoms with E-state index in [4.69, 9.17) is 35.4 Å². The molecule has 0 spiro atoms. The number of Topliss-reactive ketones (excluding diaryl/α,β-unsaturated/α-hetero) is 1. The standard InChI is InChI=1S/C21H22ClNO7Se/c1-21(2)28-18-17-16(27-20(18)29-21)11(23-30-17)12(24)9-13(25)15-10(22)19(14(9)26-15)31-8-6-4-3-5-7-8/h3-7,9-10,12,14-20,24H,1-2H3/t9-,10-,12+,14-,15-,16-,17+,18-,19+,20-/m1/s1. The molecule has 1 aromatic carbocycles. The molecule has 0 aliphatic carbocycles. The van der Waals surface area contributed by atoms with E-state index in [1.165, 1.54) is 4.46 Å². The van der Waals surface area contributed by atoms with E-state index in [0.29, 0.717) is 0 Å². The molecule has 1 aromatic rings. The van der Waals surface area contributed by atoms with Crippen molar-refractivity contribution in [3.05, 3.63) is 30.3 Å². The fourth-order valence-electron chi connectivity index (χ4n) is 5.08. The number of nitrogens with zero attached hydrogens (tertiary/aromatic N) is 1. The number of benzene rings is 1. The molecule has 0 amide bonds. The summed E-state index contributed by atoms with van der Waals surface area (Å²) in [6.45, 7) is 3.61. The molecule has 0 saturated carbocycles. The van der Waals surface area contributed by atoms with Crippen molar-refractivity contribution in [3.63, 3.8) is 0 Å². The monoisotopic (exact) mass is 515 g/mol. The first-order chi connectivity index (χ1) is 14.8. The Morgan fingerprint density at radius 2 is 1.87 bits per heavy atom. The topological polar surface area (TPSA) is 95.8 Å². The van der Waals surface area contributed by atoms with Gasteiger partial charge in [0.05, 0.1) is 0 Å². The fourth-order valence-corrected chi connectivity index (χ4v) is 8.33. The quantitative estimate of drug-likeness (QED) is 0.458. The number of fused-ring (bicyclic) bond motifs is 5. The third kappa shape index (κ3) is 3.14. The number of ketones is 1. The molecular formula is C21H22ClNO7Se. The van der Waals surface area contributed by atoms with Crippen molar-refractivity contribution >= 4 is 42.5 Å². The Balaban J connectivity index is 1.21. The van der Waals surface area contributed by atoms with E-state index in [1.807, 2.05) is 18.2 Å². The molecule has 4 saturated heterocycles. The van der Waals surface area contributed by atoms with Crippen molar-refractivity contribution in [1.29, 1.82) is 0 Å². The molecule has 10 heteroatoms. The Morgan fingerprint density at radius 1 is 1.10 bits per heavy atom. The van der Waals surface area contributed by atoms with Crippen LogP contribution in [0, 0.1) is 5.92 Å². The van der Waals surface area contributed by atoms with Crippen molar-refractivity contribution in [1.82, 2.24) is 0 Å². The number of carbonyl (C=O) groups excluding carboxylic acids is 1. The van der Waals surface area contributed by atoms with Gasteiger partial charge >= 0.3 is 190 Å². The second-order valence-corrected chi connectivity index (χ2v) is 12.0. The first kappa shape index (κ1) is 20.6. The fraction of sp³-hybridized carbons (Fsp3) is 0.619. The Bertz CT molecular complexity index is 930. The minimum absolute atomic E-state index is 0.00354. The number of alkyl halides is 1. The summed E-state index contributed by atoms with van der Waals surface area (Å²) in [5.74, 6) is -1.71. The number of aliphatic hydroxyl groups is 1. The zero-order valence-electron chi connectivity index (χ0n) is 16.8. The number of oxime groups is 1. The van der Waals surface area contributed by atoms with Gasteiger partial charge in [-0.1, -0.05) is 0 Å². The van der Waals surface area contributed by atoms with Gasteiger partial charge in [0.2, 0.25) is 0 Å². The Labute approximate surface area is 190 Å².